The maximum atomic E-state index is 11.8. The fourth-order valence-electron chi connectivity index (χ4n) is 2.68. The van der Waals surface area contributed by atoms with E-state index in [1.165, 1.54) is 0 Å². The van der Waals surface area contributed by atoms with Crippen LogP contribution in [0.3, 0.4) is 0 Å². The topological polar surface area (TPSA) is 65.8 Å². The number of carbonyl (C=O) groups is 1. The molecule has 1 aromatic rings. The van der Waals surface area contributed by atoms with Crippen LogP contribution in [0.25, 0.3) is 0 Å². The Morgan fingerprint density at radius 2 is 2.00 bits per heavy atom. The summed E-state index contributed by atoms with van der Waals surface area (Å²) >= 11 is 0. The minimum absolute atomic E-state index is 0.131. The van der Waals surface area contributed by atoms with Crippen LogP contribution in [0.15, 0.2) is 18.2 Å². The predicted molar refractivity (Wildman–Crippen MR) is 91.6 cm³/mol. The van der Waals surface area contributed by atoms with Crippen molar-refractivity contribution in [1.29, 1.82) is 5.26 Å². The van der Waals surface area contributed by atoms with Gasteiger partial charge in [0, 0.05) is 38.3 Å². The molecule has 0 radical (unpaired) electrons. The molecule has 0 N–H and O–H groups in total. The number of nitriles is 1. The second kappa shape index (κ2) is 9.26. The molecular formula is C18H25N3O3. The van der Waals surface area contributed by atoms with Gasteiger partial charge in [-0.3, -0.25) is 4.79 Å². The first kappa shape index (κ1) is 18.2. The van der Waals surface area contributed by atoms with Crippen LogP contribution in [-0.4, -0.2) is 69.1 Å². The lowest BCUT2D eigenvalue weighted by atomic mass is 10.1. The Bertz CT molecular complexity index is 590. The fraction of sp³-hybridized carbons (Fsp3) is 0.556. The Kier molecular flexibility index (Phi) is 7.04. The summed E-state index contributed by atoms with van der Waals surface area (Å²) in [6.45, 7) is 6.08. The molecule has 0 bridgehead atoms. The highest BCUT2D eigenvalue weighted by atomic mass is 16.5. The number of Topliss-reactive ketones (excluding diaryl/α,β-unsaturated/α-hetero) is 1. The van der Waals surface area contributed by atoms with Crippen molar-refractivity contribution < 1.29 is 14.3 Å². The smallest absolute Gasteiger partial charge is 0.177 e. The lowest BCUT2D eigenvalue weighted by molar-refractivity contribution is 0.0997. The molecule has 0 amide bonds. The molecule has 0 unspecified atom stereocenters. The molecule has 6 nitrogen and oxygen atoms in total. The number of ether oxygens (including phenoxy) is 2. The van der Waals surface area contributed by atoms with Crippen LogP contribution in [0.4, 0.5) is 0 Å². The molecule has 24 heavy (non-hydrogen) atoms. The minimum atomic E-state index is -0.211. The summed E-state index contributed by atoms with van der Waals surface area (Å²) in [5, 5.41) is 8.61. The van der Waals surface area contributed by atoms with Gasteiger partial charge < -0.3 is 19.3 Å². The zero-order chi connectivity index (χ0) is 17.4. The largest absolute Gasteiger partial charge is 0.493 e. The highest BCUT2D eigenvalue weighted by Gasteiger charge is 2.14. The molecule has 1 fully saturated rings. The number of piperazine rings is 1. The maximum Gasteiger partial charge on any atom is 0.177 e. The van der Waals surface area contributed by atoms with Crippen molar-refractivity contribution in [1.82, 2.24) is 9.80 Å². The minimum Gasteiger partial charge on any atom is -0.493 e. The van der Waals surface area contributed by atoms with Gasteiger partial charge in [-0.2, -0.15) is 5.26 Å². The van der Waals surface area contributed by atoms with Crippen molar-refractivity contribution in [2.45, 2.75) is 12.8 Å². The van der Waals surface area contributed by atoms with Crippen molar-refractivity contribution >= 4 is 5.78 Å². The molecule has 0 atom stereocenters. The number of ketones is 1. The summed E-state index contributed by atoms with van der Waals surface area (Å²) in [5.74, 6) is 0.945. The molecule has 2 rings (SSSR count). The normalized spacial score (nSPS) is 15.7. The highest BCUT2D eigenvalue weighted by molar-refractivity contribution is 5.97. The van der Waals surface area contributed by atoms with Crippen molar-refractivity contribution in [3.63, 3.8) is 0 Å². The summed E-state index contributed by atoms with van der Waals surface area (Å²) in [6.07, 6.45) is 0.816. The van der Waals surface area contributed by atoms with Crippen molar-refractivity contribution in [2.24, 2.45) is 0 Å². The summed E-state index contributed by atoms with van der Waals surface area (Å²) in [6, 6.07) is 6.91. The number of rotatable bonds is 8. The molecule has 0 aromatic heterocycles. The summed E-state index contributed by atoms with van der Waals surface area (Å²) in [5.41, 5.74) is 0.471. The molecular weight excluding hydrogens is 306 g/mol. The van der Waals surface area contributed by atoms with Crippen molar-refractivity contribution in [3.05, 3.63) is 23.8 Å². The van der Waals surface area contributed by atoms with Crippen LogP contribution in [0.5, 0.6) is 11.5 Å². The first-order valence-electron chi connectivity index (χ1n) is 8.26. The van der Waals surface area contributed by atoms with E-state index in [2.05, 4.69) is 16.8 Å². The van der Waals surface area contributed by atoms with Crippen LogP contribution in [0, 0.1) is 11.3 Å². The molecule has 0 aliphatic carbocycles. The number of benzene rings is 1. The zero-order valence-corrected chi connectivity index (χ0v) is 14.5. The molecule has 6 heteroatoms. The number of hydrogen-bond acceptors (Lipinski definition) is 6. The van der Waals surface area contributed by atoms with E-state index in [0.717, 1.165) is 39.1 Å². The van der Waals surface area contributed by atoms with Gasteiger partial charge in [0.15, 0.2) is 17.3 Å². The lowest BCUT2D eigenvalue weighted by Gasteiger charge is -2.32. The Balaban J connectivity index is 1.81. The fourth-order valence-corrected chi connectivity index (χ4v) is 2.68. The van der Waals surface area contributed by atoms with Crippen LogP contribution in [-0.2, 0) is 0 Å². The van der Waals surface area contributed by atoms with E-state index in [1.807, 2.05) is 6.07 Å². The molecule has 130 valence electrons. The van der Waals surface area contributed by atoms with Gasteiger partial charge in [-0.05, 0) is 31.7 Å². The van der Waals surface area contributed by atoms with Crippen LogP contribution in [0.2, 0.25) is 0 Å². The van der Waals surface area contributed by atoms with Gasteiger partial charge in [-0.15, -0.1) is 0 Å². The molecule has 1 aliphatic heterocycles. The van der Waals surface area contributed by atoms with E-state index < -0.39 is 0 Å². The lowest BCUT2D eigenvalue weighted by Crippen LogP contribution is -2.44. The summed E-state index contributed by atoms with van der Waals surface area (Å²) < 4.78 is 11.1. The van der Waals surface area contributed by atoms with Crippen LogP contribution >= 0.6 is 0 Å². The highest BCUT2D eigenvalue weighted by Crippen LogP contribution is 2.28. The molecule has 0 saturated carbocycles. The average Bonchev–Trinajstić information content (AvgIpc) is 2.60. The Labute approximate surface area is 143 Å². The van der Waals surface area contributed by atoms with E-state index in [0.29, 0.717) is 23.7 Å². The van der Waals surface area contributed by atoms with Gasteiger partial charge in [0.1, 0.15) is 0 Å². The first-order valence-corrected chi connectivity index (χ1v) is 8.26. The molecule has 1 heterocycles. The van der Waals surface area contributed by atoms with E-state index in [9.17, 15) is 4.79 Å². The second-order valence-corrected chi connectivity index (χ2v) is 5.97. The van der Waals surface area contributed by atoms with E-state index in [-0.39, 0.29) is 12.2 Å². The summed E-state index contributed by atoms with van der Waals surface area (Å²) in [7, 11) is 3.70. The Morgan fingerprint density at radius 1 is 1.25 bits per heavy atom. The third-order valence-corrected chi connectivity index (χ3v) is 4.20. The van der Waals surface area contributed by atoms with Crippen LogP contribution < -0.4 is 9.47 Å². The molecule has 0 spiro atoms. The number of likely N-dealkylation sites (N-methyl/N-ethyl adjacent to an activating group) is 1. The van der Waals surface area contributed by atoms with Crippen molar-refractivity contribution in [3.8, 4) is 17.6 Å². The Hall–Kier alpha value is -2.10. The molecule has 1 aromatic carbocycles. The monoisotopic (exact) mass is 331 g/mol. The van der Waals surface area contributed by atoms with Gasteiger partial charge >= 0.3 is 0 Å². The summed E-state index contributed by atoms with van der Waals surface area (Å²) in [4.78, 5) is 16.5. The third kappa shape index (κ3) is 5.22. The van der Waals surface area contributed by atoms with Crippen molar-refractivity contribution in [2.75, 3.05) is 53.5 Å². The number of carbonyl (C=O) groups excluding carboxylic acids is 1. The average molecular weight is 331 g/mol. The van der Waals surface area contributed by atoms with Gasteiger partial charge in [0.2, 0.25) is 0 Å². The van der Waals surface area contributed by atoms with Gasteiger partial charge in [0.05, 0.1) is 26.2 Å². The number of methoxy groups -OCH3 is 1. The van der Waals surface area contributed by atoms with Crippen LogP contribution in [0.1, 0.15) is 23.2 Å². The molecule has 1 aliphatic rings. The Morgan fingerprint density at radius 3 is 2.67 bits per heavy atom. The number of nitrogens with zero attached hydrogens (tertiary/aromatic N) is 3. The van der Waals surface area contributed by atoms with E-state index in [4.69, 9.17) is 14.7 Å². The molecule has 1 saturated heterocycles. The number of hydrogen-bond donors (Lipinski definition) is 0. The van der Waals surface area contributed by atoms with Gasteiger partial charge in [0.25, 0.3) is 0 Å². The van der Waals surface area contributed by atoms with E-state index in [1.54, 1.807) is 25.3 Å². The zero-order valence-electron chi connectivity index (χ0n) is 14.5. The third-order valence-electron chi connectivity index (χ3n) is 4.20. The van der Waals surface area contributed by atoms with E-state index >= 15 is 0 Å². The standard InChI is InChI=1S/C18H25N3O3/c1-20-9-11-21(12-10-20)8-3-13-24-17-5-4-15(14-18(17)23-2)16(22)6-7-19/h4-5,14H,3,6,8-13H2,1-2H3. The second-order valence-electron chi connectivity index (χ2n) is 5.97. The van der Waals surface area contributed by atoms with Gasteiger partial charge in [-0.1, -0.05) is 0 Å². The SMILES string of the molecule is COc1cc(C(=O)CC#N)ccc1OCCCN1CCN(C)CC1. The quantitative estimate of drug-likeness (QED) is 0.535. The maximum absolute atomic E-state index is 11.8. The van der Waals surface area contributed by atoms with Gasteiger partial charge in [-0.25, -0.2) is 0 Å². The first-order chi connectivity index (χ1) is 11.6. The predicted octanol–water partition coefficient (Wildman–Crippen LogP) is 1.81.